The van der Waals surface area contributed by atoms with E-state index >= 15 is 0 Å². The van der Waals surface area contributed by atoms with Crippen molar-refractivity contribution in [2.45, 2.75) is 18.7 Å². The van der Waals surface area contributed by atoms with E-state index in [-0.39, 0.29) is 0 Å². The van der Waals surface area contributed by atoms with Crippen LogP contribution < -0.4 is 0 Å². The van der Waals surface area contributed by atoms with Gasteiger partial charge in [-0.25, -0.2) is 0 Å². The summed E-state index contributed by atoms with van der Waals surface area (Å²) in [4.78, 5) is 0. The molecular formula is C13H16ClNOSi. The molecule has 0 aromatic heterocycles. The molecule has 0 aliphatic carbocycles. The van der Waals surface area contributed by atoms with E-state index < -0.39 is 13.9 Å². The minimum absolute atomic E-state index is 0.442. The SMILES string of the molecule is C=CC(C#N)(O[Si](C)(C)CCl)c1ccccc1. The van der Waals surface area contributed by atoms with Crippen LogP contribution in [0.1, 0.15) is 5.56 Å². The van der Waals surface area contributed by atoms with Gasteiger partial charge in [0.1, 0.15) is 6.07 Å². The normalized spacial score (nSPS) is 14.7. The number of benzene rings is 1. The Morgan fingerprint density at radius 1 is 1.47 bits per heavy atom. The molecule has 1 unspecified atom stereocenters. The van der Waals surface area contributed by atoms with E-state index in [0.717, 1.165) is 5.56 Å². The summed E-state index contributed by atoms with van der Waals surface area (Å²) in [6.45, 7) is 7.70. The van der Waals surface area contributed by atoms with E-state index in [0.29, 0.717) is 5.50 Å². The maximum atomic E-state index is 9.42. The van der Waals surface area contributed by atoms with Gasteiger partial charge in [-0.05, 0) is 19.2 Å². The summed E-state index contributed by atoms with van der Waals surface area (Å²) in [5, 5.41) is 9.42. The van der Waals surface area contributed by atoms with E-state index in [1.807, 2.05) is 43.4 Å². The fourth-order valence-electron chi connectivity index (χ4n) is 1.50. The molecular weight excluding hydrogens is 250 g/mol. The first kappa shape index (κ1) is 14.0. The van der Waals surface area contributed by atoms with Crippen molar-refractivity contribution >= 4 is 19.9 Å². The number of halogens is 1. The summed E-state index contributed by atoms with van der Waals surface area (Å²) in [6, 6.07) is 11.6. The molecule has 0 radical (unpaired) electrons. The number of rotatable bonds is 5. The maximum Gasteiger partial charge on any atom is 0.204 e. The second-order valence-electron chi connectivity index (χ2n) is 4.41. The van der Waals surface area contributed by atoms with Crippen LogP contribution in [-0.2, 0) is 10.0 Å². The molecule has 4 heteroatoms. The minimum Gasteiger partial charge on any atom is -0.392 e. The van der Waals surface area contributed by atoms with Crippen LogP contribution in [0.15, 0.2) is 43.0 Å². The Balaban J connectivity index is 3.16. The van der Waals surface area contributed by atoms with Crippen molar-refractivity contribution in [3.8, 4) is 6.07 Å². The monoisotopic (exact) mass is 265 g/mol. The van der Waals surface area contributed by atoms with Crippen LogP contribution in [0.5, 0.6) is 0 Å². The first-order valence-electron chi connectivity index (χ1n) is 5.36. The standard InChI is InChI=1S/C13H16ClNOSi/c1-4-13(10-15,16-17(2,3)11-14)12-8-6-5-7-9-12/h4-9H,1,11H2,2-3H3. The third-order valence-corrected chi connectivity index (χ3v) is 5.86. The summed E-state index contributed by atoms with van der Waals surface area (Å²) in [5.41, 5.74) is 0.145. The third-order valence-electron chi connectivity index (χ3n) is 2.42. The van der Waals surface area contributed by atoms with E-state index in [1.165, 1.54) is 0 Å². The Morgan fingerprint density at radius 3 is 2.47 bits per heavy atom. The highest BCUT2D eigenvalue weighted by atomic mass is 35.5. The molecule has 0 heterocycles. The largest absolute Gasteiger partial charge is 0.392 e. The van der Waals surface area contributed by atoms with Crippen LogP contribution in [0.3, 0.4) is 0 Å². The van der Waals surface area contributed by atoms with E-state index in [9.17, 15) is 5.26 Å². The molecule has 0 aliphatic heterocycles. The van der Waals surface area contributed by atoms with Gasteiger partial charge in [-0.3, -0.25) is 0 Å². The van der Waals surface area contributed by atoms with Crippen molar-refractivity contribution in [1.29, 1.82) is 5.26 Å². The zero-order valence-corrected chi connectivity index (χ0v) is 11.9. The summed E-state index contributed by atoms with van der Waals surface area (Å²) < 4.78 is 5.99. The number of hydrogen-bond donors (Lipinski definition) is 0. The number of hydrogen-bond acceptors (Lipinski definition) is 2. The molecule has 0 saturated carbocycles. The average molecular weight is 266 g/mol. The van der Waals surface area contributed by atoms with Crippen molar-refractivity contribution in [1.82, 2.24) is 0 Å². The van der Waals surface area contributed by atoms with Gasteiger partial charge < -0.3 is 4.43 Å². The molecule has 0 amide bonds. The van der Waals surface area contributed by atoms with Gasteiger partial charge in [0.05, 0.1) is 0 Å². The molecule has 1 atom stereocenters. The van der Waals surface area contributed by atoms with Crippen molar-refractivity contribution in [3.05, 3.63) is 48.6 Å². The van der Waals surface area contributed by atoms with Crippen LogP contribution in [0.25, 0.3) is 0 Å². The fraction of sp³-hybridized carbons (Fsp3) is 0.308. The van der Waals surface area contributed by atoms with Crippen molar-refractivity contribution in [2.75, 3.05) is 5.50 Å². The Labute approximate surface area is 109 Å². The van der Waals surface area contributed by atoms with Crippen LogP contribution in [0.4, 0.5) is 0 Å². The predicted octanol–water partition coefficient (Wildman–Crippen LogP) is 3.59. The molecule has 0 bridgehead atoms. The van der Waals surface area contributed by atoms with Crippen LogP contribution in [-0.4, -0.2) is 13.8 Å². The first-order valence-corrected chi connectivity index (χ1v) is 9.01. The lowest BCUT2D eigenvalue weighted by atomic mass is 9.96. The molecule has 0 saturated heterocycles. The summed E-state index contributed by atoms with van der Waals surface area (Å²) in [7, 11) is -2.07. The van der Waals surface area contributed by atoms with Gasteiger partial charge in [-0.1, -0.05) is 36.9 Å². The van der Waals surface area contributed by atoms with E-state index in [2.05, 4.69) is 12.6 Å². The Morgan fingerprint density at radius 2 is 2.06 bits per heavy atom. The lowest BCUT2D eigenvalue weighted by molar-refractivity contribution is 0.172. The molecule has 1 aromatic rings. The summed E-state index contributed by atoms with van der Waals surface area (Å²) in [5.74, 6) is 0. The van der Waals surface area contributed by atoms with Crippen molar-refractivity contribution < 1.29 is 4.43 Å². The number of nitriles is 1. The lowest BCUT2D eigenvalue weighted by Gasteiger charge is -2.32. The zero-order valence-electron chi connectivity index (χ0n) is 10.1. The smallest absolute Gasteiger partial charge is 0.204 e. The fourth-order valence-corrected chi connectivity index (χ4v) is 2.84. The molecule has 1 aromatic carbocycles. The van der Waals surface area contributed by atoms with Gasteiger partial charge in [0.25, 0.3) is 0 Å². The molecule has 0 spiro atoms. The minimum atomic E-state index is -2.07. The van der Waals surface area contributed by atoms with Gasteiger partial charge in [0, 0.05) is 11.1 Å². The quantitative estimate of drug-likeness (QED) is 0.463. The molecule has 0 N–H and O–H groups in total. The van der Waals surface area contributed by atoms with Gasteiger partial charge in [-0.15, -0.1) is 11.6 Å². The second kappa shape index (κ2) is 5.50. The highest BCUT2D eigenvalue weighted by Gasteiger charge is 2.37. The average Bonchev–Trinajstić information content (AvgIpc) is 2.37. The molecule has 0 aliphatic rings. The van der Waals surface area contributed by atoms with E-state index in [1.54, 1.807) is 6.08 Å². The third kappa shape index (κ3) is 3.19. The van der Waals surface area contributed by atoms with Crippen LogP contribution in [0.2, 0.25) is 13.1 Å². The Hall–Kier alpha value is -1.08. The van der Waals surface area contributed by atoms with Gasteiger partial charge in [0.2, 0.25) is 8.32 Å². The number of nitrogens with zero attached hydrogens (tertiary/aromatic N) is 1. The van der Waals surface area contributed by atoms with Gasteiger partial charge >= 0.3 is 0 Å². The molecule has 90 valence electrons. The molecule has 2 nitrogen and oxygen atoms in total. The molecule has 1 rings (SSSR count). The topological polar surface area (TPSA) is 33.0 Å². The number of alkyl halides is 1. The van der Waals surface area contributed by atoms with Crippen molar-refractivity contribution in [2.24, 2.45) is 0 Å². The zero-order chi connectivity index (χ0) is 12.9. The lowest BCUT2D eigenvalue weighted by Crippen LogP contribution is -2.42. The first-order chi connectivity index (χ1) is 7.99. The second-order valence-corrected chi connectivity index (χ2v) is 9.21. The Kier molecular flexibility index (Phi) is 4.52. The molecule has 17 heavy (non-hydrogen) atoms. The van der Waals surface area contributed by atoms with Gasteiger partial charge in [-0.2, -0.15) is 5.26 Å². The van der Waals surface area contributed by atoms with Crippen LogP contribution >= 0.6 is 11.6 Å². The highest BCUT2D eigenvalue weighted by Crippen LogP contribution is 2.30. The highest BCUT2D eigenvalue weighted by molar-refractivity contribution is 6.77. The summed E-state index contributed by atoms with van der Waals surface area (Å²) in [6.07, 6.45) is 1.55. The molecule has 0 fully saturated rings. The summed E-state index contributed by atoms with van der Waals surface area (Å²) >= 11 is 5.89. The predicted molar refractivity (Wildman–Crippen MR) is 73.2 cm³/mol. The Bertz CT molecular complexity index is 427. The van der Waals surface area contributed by atoms with Gasteiger partial charge in [0.15, 0.2) is 5.60 Å². The van der Waals surface area contributed by atoms with Crippen LogP contribution in [0, 0.1) is 11.3 Å². The van der Waals surface area contributed by atoms with Crippen molar-refractivity contribution in [3.63, 3.8) is 0 Å². The maximum absolute atomic E-state index is 9.42. The van der Waals surface area contributed by atoms with E-state index in [4.69, 9.17) is 16.0 Å².